The van der Waals surface area contributed by atoms with E-state index in [2.05, 4.69) is 0 Å². The van der Waals surface area contributed by atoms with Gasteiger partial charge in [-0.15, -0.1) is 0 Å². The maximum Gasteiger partial charge on any atom is 0.338 e. The van der Waals surface area contributed by atoms with Crippen LogP contribution in [0.15, 0.2) is 78.9 Å². The summed E-state index contributed by atoms with van der Waals surface area (Å²) in [6.45, 7) is 3.88. The second-order valence-electron chi connectivity index (χ2n) is 7.87. The van der Waals surface area contributed by atoms with E-state index in [-0.39, 0.29) is 6.61 Å². The van der Waals surface area contributed by atoms with Gasteiger partial charge in [0, 0.05) is 11.3 Å². The minimum atomic E-state index is -1.17. The van der Waals surface area contributed by atoms with Crippen molar-refractivity contribution in [1.29, 1.82) is 0 Å². The number of carbonyl (C=O) groups excluding carboxylic acids is 4. The van der Waals surface area contributed by atoms with Gasteiger partial charge in [-0.2, -0.15) is 0 Å². The number of rotatable bonds is 6. The Balaban J connectivity index is 1.77. The van der Waals surface area contributed by atoms with Crippen LogP contribution < -0.4 is 4.90 Å². The highest BCUT2D eigenvalue weighted by Gasteiger charge is 2.52. The Morgan fingerprint density at radius 2 is 1.45 bits per heavy atom. The summed E-state index contributed by atoms with van der Waals surface area (Å²) in [4.78, 5) is 53.1. The topological polar surface area (TPSA) is 80.8 Å². The van der Waals surface area contributed by atoms with Crippen LogP contribution in [0, 0.1) is 12.8 Å². The van der Waals surface area contributed by atoms with Crippen molar-refractivity contribution in [3.05, 3.63) is 101 Å². The molecule has 6 heteroatoms. The molecule has 33 heavy (non-hydrogen) atoms. The molecule has 1 aliphatic rings. The molecule has 0 bridgehead atoms. The van der Waals surface area contributed by atoms with Crippen LogP contribution in [0.1, 0.15) is 44.8 Å². The summed E-state index contributed by atoms with van der Waals surface area (Å²) >= 11 is 0. The number of Topliss-reactive ketones (excluding diaryl/α,β-unsaturated/α-hetero) is 2. The van der Waals surface area contributed by atoms with E-state index in [1.54, 1.807) is 79.7 Å². The molecule has 166 valence electrons. The summed E-state index contributed by atoms with van der Waals surface area (Å²) in [6.07, 6.45) is 0. The molecule has 1 saturated heterocycles. The summed E-state index contributed by atoms with van der Waals surface area (Å²) in [5, 5.41) is 0. The molecular formula is C27H23NO5. The van der Waals surface area contributed by atoms with Gasteiger partial charge in [-0.25, -0.2) is 4.79 Å². The van der Waals surface area contributed by atoms with E-state index in [0.29, 0.717) is 22.4 Å². The molecule has 0 spiro atoms. The molecule has 1 amide bonds. The summed E-state index contributed by atoms with van der Waals surface area (Å²) in [6, 6.07) is 21.5. The van der Waals surface area contributed by atoms with E-state index < -0.39 is 35.4 Å². The first kappa shape index (κ1) is 22.1. The minimum Gasteiger partial charge on any atom is -0.462 e. The van der Waals surface area contributed by atoms with Gasteiger partial charge in [0.2, 0.25) is 5.78 Å². The second kappa shape index (κ2) is 9.20. The molecule has 0 radical (unpaired) electrons. The Morgan fingerprint density at radius 1 is 0.848 bits per heavy atom. The fraction of sp³-hybridized carbons (Fsp3) is 0.185. The lowest BCUT2D eigenvalue weighted by Gasteiger charge is -2.27. The zero-order valence-corrected chi connectivity index (χ0v) is 18.4. The summed E-state index contributed by atoms with van der Waals surface area (Å²) in [5.41, 5.74) is 2.81. The van der Waals surface area contributed by atoms with Gasteiger partial charge in [0.15, 0.2) is 5.78 Å². The maximum absolute atomic E-state index is 13.4. The van der Waals surface area contributed by atoms with Crippen LogP contribution >= 0.6 is 0 Å². The lowest BCUT2D eigenvalue weighted by molar-refractivity contribution is -0.135. The smallest absolute Gasteiger partial charge is 0.338 e. The number of hydrogen-bond acceptors (Lipinski definition) is 5. The third kappa shape index (κ3) is 4.20. The van der Waals surface area contributed by atoms with Crippen LogP contribution in [-0.2, 0) is 14.3 Å². The van der Waals surface area contributed by atoms with E-state index in [9.17, 15) is 19.2 Å². The number of ether oxygens (including phenoxy) is 1. The Hall–Kier alpha value is -4.06. The van der Waals surface area contributed by atoms with Crippen LogP contribution in [0.4, 0.5) is 5.69 Å². The monoisotopic (exact) mass is 441 g/mol. The van der Waals surface area contributed by atoms with E-state index in [1.807, 2.05) is 13.0 Å². The van der Waals surface area contributed by atoms with Gasteiger partial charge in [-0.1, -0.05) is 60.2 Å². The Morgan fingerprint density at radius 3 is 2.06 bits per heavy atom. The molecule has 0 N–H and O–H groups in total. The van der Waals surface area contributed by atoms with Crippen LogP contribution in [0.3, 0.4) is 0 Å². The van der Waals surface area contributed by atoms with E-state index in [1.165, 1.54) is 4.90 Å². The van der Waals surface area contributed by atoms with E-state index in [4.69, 9.17) is 4.74 Å². The first-order valence-electron chi connectivity index (χ1n) is 10.7. The van der Waals surface area contributed by atoms with Crippen molar-refractivity contribution < 1.29 is 23.9 Å². The number of hydrogen-bond donors (Lipinski definition) is 0. The highest BCUT2D eigenvalue weighted by molar-refractivity contribution is 6.49. The molecule has 1 aliphatic heterocycles. The normalized spacial score (nSPS) is 17.8. The molecule has 0 aromatic heterocycles. The van der Waals surface area contributed by atoms with Crippen molar-refractivity contribution in [3.8, 4) is 0 Å². The van der Waals surface area contributed by atoms with Crippen molar-refractivity contribution in [3.63, 3.8) is 0 Å². The zero-order chi connectivity index (χ0) is 23.5. The SMILES string of the molecule is CCOC(=O)c1ccc(N2C(=O)C(=O)C(C(=O)c3ccc(C)cc3)C2c2ccccc2)cc1. The molecule has 0 aliphatic carbocycles. The third-order valence-corrected chi connectivity index (χ3v) is 5.72. The van der Waals surface area contributed by atoms with Crippen molar-refractivity contribution in [2.45, 2.75) is 19.9 Å². The van der Waals surface area contributed by atoms with Gasteiger partial charge >= 0.3 is 5.97 Å². The molecule has 3 aromatic rings. The first-order valence-corrected chi connectivity index (χ1v) is 10.7. The summed E-state index contributed by atoms with van der Waals surface area (Å²) in [7, 11) is 0. The predicted octanol–water partition coefficient (Wildman–Crippen LogP) is 4.33. The van der Waals surface area contributed by atoms with Crippen molar-refractivity contribution in [2.75, 3.05) is 11.5 Å². The second-order valence-corrected chi connectivity index (χ2v) is 7.87. The highest BCUT2D eigenvalue weighted by atomic mass is 16.5. The lowest BCUT2D eigenvalue weighted by Crippen LogP contribution is -2.30. The highest BCUT2D eigenvalue weighted by Crippen LogP contribution is 2.41. The van der Waals surface area contributed by atoms with Gasteiger partial charge in [0.1, 0.15) is 5.92 Å². The van der Waals surface area contributed by atoms with Crippen molar-refractivity contribution >= 4 is 29.1 Å². The molecule has 1 heterocycles. The average Bonchev–Trinajstić information content (AvgIpc) is 3.10. The fourth-order valence-electron chi connectivity index (χ4n) is 4.07. The maximum atomic E-state index is 13.4. The molecule has 4 rings (SSSR count). The molecule has 2 atom stereocenters. The van der Waals surface area contributed by atoms with Crippen LogP contribution in [0.5, 0.6) is 0 Å². The molecule has 0 saturated carbocycles. The van der Waals surface area contributed by atoms with Crippen LogP contribution in [-0.4, -0.2) is 30.0 Å². The zero-order valence-electron chi connectivity index (χ0n) is 18.4. The Kier molecular flexibility index (Phi) is 6.18. The number of carbonyl (C=O) groups is 4. The number of nitrogens with zero attached hydrogens (tertiary/aromatic N) is 1. The van der Waals surface area contributed by atoms with Gasteiger partial charge in [0.05, 0.1) is 18.2 Å². The average molecular weight is 441 g/mol. The van der Waals surface area contributed by atoms with Gasteiger partial charge in [-0.05, 0) is 43.7 Å². The predicted molar refractivity (Wildman–Crippen MR) is 123 cm³/mol. The van der Waals surface area contributed by atoms with Crippen molar-refractivity contribution in [2.24, 2.45) is 5.92 Å². The standard InChI is InChI=1S/C27H23NO5/c1-3-33-27(32)20-13-15-21(16-14-20)28-23(18-7-5-4-6-8-18)22(25(30)26(28)31)24(29)19-11-9-17(2)10-12-19/h4-16,22-23H,3H2,1-2H3. The van der Waals surface area contributed by atoms with E-state index >= 15 is 0 Å². The van der Waals surface area contributed by atoms with Crippen LogP contribution in [0.2, 0.25) is 0 Å². The lowest BCUT2D eigenvalue weighted by atomic mass is 9.86. The van der Waals surface area contributed by atoms with E-state index in [0.717, 1.165) is 5.56 Å². The number of ketones is 2. The largest absolute Gasteiger partial charge is 0.462 e. The molecule has 2 unspecified atom stereocenters. The van der Waals surface area contributed by atoms with Gasteiger partial charge in [-0.3, -0.25) is 19.3 Å². The van der Waals surface area contributed by atoms with Gasteiger partial charge < -0.3 is 4.74 Å². The number of esters is 1. The fourth-order valence-corrected chi connectivity index (χ4v) is 4.07. The Bertz CT molecular complexity index is 1200. The summed E-state index contributed by atoms with van der Waals surface area (Å²) < 4.78 is 5.01. The number of benzene rings is 3. The number of aryl methyl sites for hydroxylation is 1. The van der Waals surface area contributed by atoms with Crippen LogP contribution in [0.25, 0.3) is 0 Å². The minimum absolute atomic E-state index is 0.249. The van der Waals surface area contributed by atoms with Gasteiger partial charge in [0.25, 0.3) is 5.91 Å². The molecule has 1 fully saturated rings. The third-order valence-electron chi connectivity index (χ3n) is 5.72. The molecule has 6 nitrogen and oxygen atoms in total. The Labute approximate surface area is 191 Å². The van der Waals surface area contributed by atoms with Crippen molar-refractivity contribution in [1.82, 2.24) is 0 Å². The molecule has 3 aromatic carbocycles. The molecular weight excluding hydrogens is 418 g/mol. The summed E-state index contributed by atoms with van der Waals surface area (Å²) in [5.74, 6) is -3.54. The quantitative estimate of drug-likeness (QED) is 0.246. The first-order chi connectivity index (χ1) is 15.9. The number of anilines is 1. The number of amides is 1.